The van der Waals surface area contributed by atoms with Gasteiger partial charge in [-0.05, 0) is 52.8 Å². The molecule has 1 aliphatic rings. The zero-order valence-electron chi connectivity index (χ0n) is 20.5. The third kappa shape index (κ3) is 4.62. The molecule has 0 heterocycles. The average Bonchev–Trinajstić information content (AvgIpc) is 2.76. The van der Waals surface area contributed by atoms with Crippen molar-refractivity contribution in [1.29, 1.82) is 0 Å². The second-order valence-corrected chi connectivity index (χ2v) is 9.45. The maximum absolute atomic E-state index is 13.5. The molecular weight excluding hydrogens is 412 g/mol. The molecule has 0 fully saturated rings. The van der Waals surface area contributed by atoms with Gasteiger partial charge in [0.2, 0.25) is 0 Å². The Morgan fingerprint density at radius 2 is 1.66 bits per heavy atom. The van der Waals surface area contributed by atoms with E-state index in [4.69, 9.17) is 18.9 Å². The lowest BCUT2D eigenvalue weighted by atomic mass is 9.53. The highest BCUT2D eigenvalue weighted by atomic mass is 16.5. The number of carbonyl (C=O) groups is 3. The van der Waals surface area contributed by atoms with Crippen LogP contribution in [0.5, 0.6) is 5.75 Å². The van der Waals surface area contributed by atoms with E-state index in [1.165, 1.54) is 21.3 Å². The fourth-order valence-electron chi connectivity index (χ4n) is 5.28. The smallest absolute Gasteiger partial charge is 0.317 e. The molecular formula is C25H36O7. The molecule has 0 aliphatic heterocycles. The largest absolute Gasteiger partial charge is 0.496 e. The van der Waals surface area contributed by atoms with E-state index in [2.05, 4.69) is 19.9 Å². The molecule has 1 aliphatic carbocycles. The second-order valence-electron chi connectivity index (χ2n) is 9.45. The fraction of sp³-hybridized carbons (Fsp3) is 0.640. The topological polar surface area (TPSA) is 88.1 Å². The number of rotatable bonds is 8. The zero-order chi connectivity index (χ0) is 24.3. The second kappa shape index (κ2) is 9.92. The Morgan fingerprint density at radius 3 is 2.16 bits per heavy atom. The summed E-state index contributed by atoms with van der Waals surface area (Å²) in [5.41, 5.74) is 0.738. The van der Waals surface area contributed by atoms with Gasteiger partial charge in [-0.1, -0.05) is 33.8 Å². The van der Waals surface area contributed by atoms with E-state index in [-0.39, 0.29) is 30.6 Å². The lowest BCUT2D eigenvalue weighted by Crippen LogP contribution is -2.54. The zero-order valence-corrected chi connectivity index (χ0v) is 20.5. The third-order valence-corrected chi connectivity index (χ3v) is 6.83. The van der Waals surface area contributed by atoms with Crippen molar-refractivity contribution in [3.8, 4) is 5.75 Å². The van der Waals surface area contributed by atoms with Crippen LogP contribution < -0.4 is 4.74 Å². The number of fused-ring (bicyclic) bond motifs is 1. The van der Waals surface area contributed by atoms with Gasteiger partial charge in [-0.25, -0.2) is 0 Å². The van der Waals surface area contributed by atoms with Crippen molar-refractivity contribution < 1.29 is 33.3 Å². The molecule has 0 spiro atoms. The first kappa shape index (κ1) is 25.7. The van der Waals surface area contributed by atoms with Crippen molar-refractivity contribution in [3.05, 3.63) is 28.8 Å². The summed E-state index contributed by atoms with van der Waals surface area (Å²) < 4.78 is 20.9. The van der Waals surface area contributed by atoms with Gasteiger partial charge in [-0.15, -0.1) is 0 Å². The number of esters is 3. The minimum absolute atomic E-state index is 0.102. The van der Waals surface area contributed by atoms with Gasteiger partial charge in [-0.3, -0.25) is 14.4 Å². The summed E-state index contributed by atoms with van der Waals surface area (Å²) in [7, 11) is 5.55. The maximum atomic E-state index is 13.5. The summed E-state index contributed by atoms with van der Waals surface area (Å²) in [5, 5.41) is 0. The average molecular weight is 449 g/mol. The molecule has 0 amide bonds. The molecule has 7 heteroatoms. The quantitative estimate of drug-likeness (QED) is 0.440. The van der Waals surface area contributed by atoms with Gasteiger partial charge in [0.15, 0.2) is 0 Å². The van der Waals surface area contributed by atoms with E-state index in [1.54, 1.807) is 7.11 Å². The highest BCUT2D eigenvalue weighted by molar-refractivity contribution is 5.90. The van der Waals surface area contributed by atoms with Gasteiger partial charge in [0.05, 0.1) is 41.3 Å². The Kier molecular flexibility index (Phi) is 7.97. The summed E-state index contributed by atoms with van der Waals surface area (Å²) in [6, 6.07) is 3.93. The molecule has 178 valence electrons. The van der Waals surface area contributed by atoms with Crippen LogP contribution in [-0.4, -0.2) is 46.3 Å². The summed E-state index contributed by atoms with van der Waals surface area (Å²) in [6.45, 7) is 8.01. The molecule has 0 saturated carbocycles. The fourth-order valence-corrected chi connectivity index (χ4v) is 5.28. The number of hydrogen-bond acceptors (Lipinski definition) is 7. The lowest BCUT2D eigenvalue weighted by molar-refractivity contribution is -0.161. The van der Waals surface area contributed by atoms with Crippen LogP contribution in [0.1, 0.15) is 69.6 Å². The molecule has 0 aromatic heterocycles. The molecule has 32 heavy (non-hydrogen) atoms. The molecule has 1 aromatic rings. The number of hydrogen-bond donors (Lipinski definition) is 0. The minimum Gasteiger partial charge on any atom is -0.496 e. The SMILES string of the molecule is COC(=O)CC(C)(C)[C@H]1CCc2cc(C(C)C)c(OC)cc2[C@@]1(CC(=O)OC)C(=O)OC. The van der Waals surface area contributed by atoms with Crippen LogP contribution in [0.2, 0.25) is 0 Å². The van der Waals surface area contributed by atoms with Crippen molar-refractivity contribution in [2.24, 2.45) is 11.3 Å². The number of benzene rings is 1. The van der Waals surface area contributed by atoms with Gasteiger partial charge in [0, 0.05) is 0 Å². The maximum Gasteiger partial charge on any atom is 0.317 e. The molecule has 0 unspecified atom stereocenters. The molecule has 0 saturated heterocycles. The number of aryl methyl sites for hydroxylation is 1. The Balaban J connectivity index is 2.85. The third-order valence-electron chi connectivity index (χ3n) is 6.83. The molecule has 0 N–H and O–H groups in total. The predicted molar refractivity (Wildman–Crippen MR) is 120 cm³/mol. The molecule has 2 atom stereocenters. The van der Waals surface area contributed by atoms with Crippen LogP contribution in [0.4, 0.5) is 0 Å². The van der Waals surface area contributed by atoms with E-state index in [9.17, 15) is 14.4 Å². The van der Waals surface area contributed by atoms with Crippen molar-refractivity contribution in [2.75, 3.05) is 28.4 Å². The Labute approximate surface area is 190 Å². The van der Waals surface area contributed by atoms with Crippen molar-refractivity contribution in [2.45, 2.75) is 64.7 Å². The van der Waals surface area contributed by atoms with Gasteiger partial charge in [0.25, 0.3) is 0 Å². The van der Waals surface area contributed by atoms with Crippen LogP contribution in [0.3, 0.4) is 0 Å². The Bertz CT molecular complexity index is 871. The highest BCUT2D eigenvalue weighted by Gasteiger charge is 2.58. The van der Waals surface area contributed by atoms with E-state index in [0.717, 1.165) is 11.1 Å². The summed E-state index contributed by atoms with van der Waals surface area (Å²) in [5.74, 6) is -0.909. The van der Waals surface area contributed by atoms with E-state index in [1.807, 2.05) is 19.9 Å². The summed E-state index contributed by atoms with van der Waals surface area (Å²) in [6.07, 6.45) is 1.22. The van der Waals surface area contributed by atoms with E-state index >= 15 is 0 Å². The normalized spacial score (nSPS) is 20.3. The number of methoxy groups -OCH3 is 4. The Hall–Kier alpha value is -2.57. The first-order valence-corrected chi connectivity index (χ1v) is 10.9. The van der Waals surface area contributed by atoms with Gasteiger partial charge in [0.1, 0.15) is 11.2 Å². The first-order valence-electron chi connectivity index (χ1n) is 10.9. The standard InChI is InChI=1S/C25H36O7/c1-15(2)17-11-16-9-10-20(24(3,4)13-21(26)30-6)25(23(28)32-8,14-22(27)31-7)18(16)12-19(17)29-5/h11-12,15,20H,9-10,13-14H2,1-8H3/t20-,25-/m1/s1. The van der Waals surface area contributed by atoms with Crippen LogP contribution >= 0.6 is 0 Å². The Morgan fingerprint density at radius 1 is 1.03 bits per heavy atom. The molecule has 7 nitrogen and oxygen atoms in total. The molecule has 1 aromatic carbocycles. The van der Waals surface area contributed by atoms with Gasteiger partial charge < -0.3 is 18.9 Å². The lowest BCUT2D eigenvalue weighted by Gasteiger charge is -2.49. The first-order chi connectivity index (χ1) is 15.0. The number of carbonyl (C=O) groups excluding carboxylic acids is 3. The number of ether oxygens (including phenoxy) is 4. The molecule has 2 rings (SSSR count). The van der Waals surface area contributed by atoms with E-state index < -0.39 is 22.8 Å². The van der Waals surface area contributed by atoms with Crippen LogP contribution in [0.15, 0.2) is 12.1 Å². The van der Waals surface area contributed by atoms with Crippen LogP contribution in [0.25, 0.3) is 0 Å². The van der Waals surface area contributed by atoms with Crippen molar-refractivity contribution >= 4 is 17.9 Å². The van der Waals surface area contributed by atoms with Crippen molar-refractivity contribution in [1.82, 2.24) is 0 Å². The molecule has 0 bridgehead atoms. The molecule has 0 radical (unpaired) electrons. The van der Waals surface area contributed by atoms with E-state index in [0.29, 0.717) is 24.2 Å². The van der Waals surface area contributed by atoms with Crippen LogP contribution in [0, 0.1) is 11.3 Å². The predicted octanol–water partition coefficient (Wildman–Crippen LogP) is 3.94. The van der Waals surface area contributed by atoms with Gasteiger partial charge in [-0.2, -0.15) is 0 Å². The van der Waals surface area contributed by atoms with Gasteiger partial charge >= 0.3 is 17.9 Å². The van der Waals surface area contributed by atoms with Crippen LogP contribution in [-0.2, 0) is 40.4 Å². The summed E-state index contributed by atoms with van der Waals surface area (Å²) >= 11 is 0. The monoisotopic (exact) mass is 448 g/mol. The minimum atomic E-state index is -1.32. The highest BCUT2D eigenvalue weighted by Crippen LogP contribution is 2.55. The summed E-state index contributed by atoms with van der Waals surface area (Å²) in [4.78, 5) is 38.4. The van der Waals surface area contributed by atoms with Crippen molar-refractivity contribution in [3.63, 3.8) is 0 Å².